The zero-order chi connectivity index (χ0) is 19.2. The van der Waals surface area contributed by atoms with Gasteiger partial charge in [0.1, 0.15) is 12.0 Å². The fourth-order valence-electron chi connectivity index (χ4n) is 3.02. The van der Waals surface area contributed by atoms with Crippen LogP contribution < -0.4 is 0 Å². The molecule has 8 heteroatoms. The summed E-state index contributed by atoms with van der Waals surface area (Å²) in [4.78, 5) is 21.1. The van der Waals surface area contributed by atoms with Gasteiger partial charge in [-0.05, 0) is 18.9 Å². The van der Waals surface area contributed by atoms with Crippen molar-refractivity contribution in [3.8, 4) is 0 Å². The molecule has 0 aromatic carbocycles. The molecule has 8 nitrogen and oxygen atoms in total. The van der Waals surface area contributed by atoms with Crippen molar-refractivity contribution in [2.75, 3.05) is 32.8 Å². The van der Waals surface area contributed by atoms with E-state index in [0.29, 0.717) is 42.8 Å². The van der Waals surface area contributed by atoms with E-state index in [1.54, 1.807) is 4.90 Å². The second-order valence-corrected chi connectivity index (χ2v) is 7.21. The highest BCUT2D eigenvalue weighted by atomic mass is 16.5. The van der Waals surface area contributed by atoms with Gasteiger partial charge < -0.3 is 18.6 Å². The number of hydrogen-bond donors (Lipinski definition) is 0. The predicted molar refractivity (Wildman–Crippen MR) is 98.1 cm³/mol. The molecule has 2 aromatic rings. The summed E-state index contributed by atoms with van der Waals surface area (Å²) in [6, 6.07) is 1.82. The zero-order valence-electron chi connectivity index (χ0n) is 16.3. The molecule has 0 bridgehead atoms. The summed E-state index contributed by atoms with van der Waals surface area (Å²) < 4.78 is 16.2. The van der Waals surface area contributed by atoms with E-state index in [1.807, 2.05) is 13.0 Å². The molecule has 0 N–H and O–H groups in total. The van der Waals surface area contributed by atoms with Crippen LogP contribution in [0.2, 0.25) is 0 Å². The second-order valence-electron chi connectivity index (χ2n) is 7.21. The van der Waals surface area contributed by atoms with Crippen LogP contribution in [0.1, 0.15) is 48.6 Å². The van der Waals surface area contributed by atoms with E-state index < -0.39 is 0 Å². The Morgan fingerprint density at radius 2 is 2.11 bits per heavy atom. The third-order valence-corrected chi connectivity index (χ3v) is 4.48. The van der Waals surface area contributed by atoms with Crippen molar-refractivity contribution in [1.29, 1.82) is 0 Å². The number of furan rings is 1. The summed E-state index contributed by atoms with van der Waals surface area (Å²) in [5.74, 6) is 2.27. The van der Waals surface area contributed by atoms with Crippen molar-refractivity contribution in [3.05, 3.63) is 35.4 Å². The highest BCUT2D eigenvalue weighted by Crippen LogP contribution is 2.15. The number of hydrogen-bond acceptors (Lipinski definition) is 7. The Balaban J connectivity index is 1.60. The second kappa shape index (κ2) is 9.14. The Kier molecular flexibility index (Phi) is 6.63. The number of ether oxygens (including phenoxy) is 1. The Morgan fingerprint density at radius 1 is 1.33 bits per heavy atom. The maximum Gasteiger partial charge on any atom is 0.257 e. The molecule has 1 fully saturated rings. The minimum Gasteiger partial charge on any atom is -0.467 e. The monoisotopic (exact) mass is 376 g/mol. The molecule has 0 unspecified atom stereocenters. The average molecular weight is 376 g/mol. The highest BCUT2D eigenvalue weighted by Gasteiger charge is 2.21. The molecule has 2 aromatic heterocycles. The van der Waals surface area contributed by atoms with Crippen molar-refractivity contribution in [3.63, 3.8) is 0 Å². The van der Waals surface area contributed by atoms with Crippen LogP contribution in [0.4, 0.5) is 0 Å². The van der Waals surface area contributed by atoms with Gasteiger partial charge in [-0.1, -0.05) is 19.0 Å². The van der Waals surface area contributed by atoms with Crippen LogP contribution in [0.25, 0.3) is 0 Å². The first-order valence-corrected chi connectivity index (χ1v) is 9.53. The molecule has 1 amide bonds. The largest absolute Gasteiger partial charge is 0.467 e. The van der Waals surface area contributed by atoms with E-state index in [2.05, 4.69) is 28.9 Å². The van der Waals surface area contributed by atoms with E-state index >= 15 is 0 Å². The number of aromatic nitrogens is 2. The maximum atomic E-state index is 12.8. The Bertz CT molecular complexity index is 734. The third-order valence-electron chi connectivity index (χ3n) is 4.48. The van der Waals surface area contributed by atoms with E-state index in [1.165, 1.54) is 6.26 Å². The number of rotatable bonds is 8. The first-order valence-electron chi connectivity index (χ1n) is 9.53. The van der Waals surface area contributed by atoms with Crippen LogP contribution in [-0.4, -0.2) is 58.7 Å². The fourth-order valence-corrected chi connectivity index (χ4v) is 3.02. The van der Waals surface area contributed by atoms with Gasteiger partial charge in [0.05, 0.1) is 31.9 Å². The number of carbonyl (C=O) groups excluding carboxylic acids is 1. The Labute approximate surface area is 159 Å². The summed E-state index contributed by atoms with van der Waals surface area (Å²) in [6.07, 6.45) is 2.26. The van der Waals surface area contributed by atoms with Crippen LogP contribution in [-0.2, 0) is 24.2 Å². The Morgan fingerprint density at radius 3 is 2.81 bits per heavy atom. The van der Waals surface area contributed by atoms with Crippen molar-refractivity contribution in [2.45, 2.75) is 40.3 Å². The lowest BCUT2D eigenvalue weighted by Crippen LogP contribution is -2.35. The van der Waals surface area contributed by atoms with E-state index in [-0.39, 0.29) is 5.91 Å². The lowest BCUT2D eigenvalue weighted by atomic mass is 10.1. The molecule has 0 atom stereocenters. The van der Waals surface area contributed by atoms with E-state index in [9.17, 15) is 4.79 Å². The van der Waals surface area contributed by atoms with Crippen LogP contribution in [0, 0.1) is 5.92 Å². The van der Waals surface area contributed by atoms with Gasteiger partial charge in [-0.2, -0.15) is 4.98 Å². The molecule has 0 spiro atoms. The first kappa shape index (κ1) is 19.6. The van der Waals surface area contributed by atoms with Gasteiger partial charge in [-0.15, -0.1) is 0 Å². The molecule has 27 heavy (non-hydrogen) atoms. The number of nitrogens with zero attached hydrogens (tertiary/aromatic N) is 4. The van der Waals surface area contributed by atoms with Crippen LogP contribution >= 0.6 is 0 Å². The van der Waals surface area contributed by atoms with Gasteiger partial charge in [-0.3, -0.25) is 9.69 Å². The van der Waals surface area contributed by atoms with Gasteiger partial charge in [0.15, 0.2) is 5.82 Å². The molecule has 1 aliphatic heterocycles. The van der Waals surface area contributed by atoms with E-state index in [0.717, 1.165) is 38.5 Å². The number of morpholine rings is 1. The van der Waals surface area contributed by atoms with Gasteiger partial charge >= 0.3 is 0 Å². The molecule has 3 rings (SSSR count). The normalized spacial score (nSPS) is 15.4. The lowest BCUT2D eigenvalue weighted by molar-refractivity contribution is 0.0313. The minimum absolute atomic E-state index is 0.0929. The zero-order valence-corrected chi connectivity index (χ0v) is 16.3. The summed E-state index contributed by atoms with van der Waals surface area (Å²) in [6.45, 7) is 10.9. The van der Waals surface area contributed by atoms with Crippen LogP contribution in [0.5, 0.6) is 0 Å². The number of amides is 1. The van der Waals surface area contributed by atoms with Crippen molar-refractivity contribution in [2.24, 2.45) is 5.92 Å². The first-order chi connectivity index (χ1) is 13.0. The predicted octanol–water partition coefficient (Wildman–Crippen LogP) is 2.36. The van der Waals surface area contributed by atoms with Crippen molar-refractivity contribution in [1.82, 2.24) is 19.9 Å². The standard InChI is InChI=1S/C19H28N4O4/c1-4-23(12-17-20-18(27-21-17)9-14(2)3)19(24)15-10-16(26-13-15)11-22-5-7-25-8-6-22/h10,13-14H,4-9,11-12H2,1-3H3. The number of carbonyl (C=O) groups is 1. The topological polar surface area (TPSA) is 84.8 Å². The van der Waals surface area contributed by atoms with Crippen molar-refractivity contribution >= 4 is 5.91 Å². The highest BCUT2D eigenvalue weighted by molar-refractivity contribution is 5.93. The maximum absolute atomic E-state index is 12.8. The van der Waals surface area contributed by atoms with E-state index in [4.69, 9.17) is 13.7 Å². The smallest absolute Gasteiger partial charge is 0.257 e. The van der Waals surface area contributed by atoms with Crippen LogP contribution in [0.15, 0.2) is 21.3 Å². The molecule has 0 saturated carbocycles. The SMILES string of the molecule is CCN(Cc1noc(CC(C)C)n1)C(=O)c1coc(CN2CCOCC2)c1. The molecule has 148 valence electrons. The molecular formula is C19H28N4O4. The molecular weight excluding hydrogens is 348 g/mol. The third kappa shape index (κ3) is 5.40. The van der Waals surface area contributed by atoms with Crippen molar-refractivity contribution < 1.29 is 18.5 Å². The summed E-state index contributed by atoms with van der Waals surface area (Å²) in [5, 5.41) is 3.99. The van der Waals surface area contributed by atoms with Crippen LogP contribution in [0.3, 0.4) is 0 Å². The molecule has 1 saturated heterocycles. The average Bonchev–Trinajstić information content (AvgIpc) is 3.29. The minimum atomic E-state index is -0.0929. The fraction of sp³-hybridized carbons (Fsp3) is 0.632. The molecule has 0 aliphatic carbocycles. The lowest BCUT2D eigenvalue weighted by Gasteiger charge is -2.25. The van der Waals surface area contributed by atoms with Gasteiger partial charge in [-0.25, -0.2) is 0 Å². The Hall–Kier alpha value is -2.19. The van der Waals surface area contributed by atoms with Gasteiger partial charge in [0.25, 0.3) is 5.91 Å². The molecule has 3 heterocycles. The molecule has 0 radical (unpaired) electrons. The quantitative estimate of drug-likeness (QED) is 0.699. The molecule has 1 aliphatic rings. The van der Waals surface area contributed by atoms with Gasteiger partial charge in [0, 0.05) is 26.1 Å². The summed E-state index contributed by atoms with van der Waals surface area (Å²) in [7, 11) is 0. The van der Waals surface area contributed by atoms with Gasteiger partial charge in [0.2, 0.25) is 5.89 Å². The summed E-state index contributed by atoms with van der Waals surface area (Å²) in [5.41, 5.74) is 0.547. The summed E-state index contributed by atoms with van der Waals surface area (Å²) >= 11 is 0.